The number of hydrogen-bond donors (Lipinski definition) is 1. The number of hydrogen-bond acceptors (Lipinski definition) is 4. The monoisotopic (exact) mass is 274 g/mol. The van der Waals surface area contributed by atoms with Gasteiger partial charge >= 0.3 is 0 Å². The standard InChI is InChI=1S/C14H14N2O2S/c1-2-18-12-7-5-11(6-8-12)14(17)16-15-10-13-4-3-9-19-13/h3-10H,2H2,1H3,(H,16,17)/b15-10-. The van der Waals surface area contributed by atoms with Gasteiger partial charge in [0.05, 0.1) is 12.8 Å². The van der Waals surface area contributed by atoms with Crippen LogP contribution >= 0.6 is 11.3 Å². The van der Waals surface area contributed by atoms with Crippen molar-refractivity contribution in [1.82, 2.24) is 5.43 Å². The summed E-state index contributed by atoms with van der Waals surface area (Å²) in [6.45, 7) is 2.52. The Balaban J connectivity index is 1.92. The third-order valence-corrected chi connectivity index (χ3v) is 3.14. The zero-order valence-electron chi connectivity index (χ0n) is 10.5. The van der Waals surface area contributed by atoms with Gasteiger partial charge in [0.2, 0.25) is 0 Å². The zero-order valence-corrected chi connectivity index (χ0v) is 11.3. The third kappa shape index (κ3) is 3.93. The molecule has 0 saturated carbocycles. The predicted molar refractivity (Wildman–Crippen MR) is 77.0 cm³/mol. The van der Waals surface area contributed by atoms with E-state index >= 15 is 0 Å². The number of rotatable bonds is 5. The molecule has 1 aromatic carbocycles. The van der Waals surface area contributed by atoms with Crippen LogP contribution in [0.15, 0.2) is 46.9 Å². The van der Waals surface area contributed by atoms with E-state index in [2.05, 4.69) is 10.5 Å². The molecule has 0 aliphatic carbocycles. The number of hydrazone groups is 1. The maximum atomic E-state index is 11.8. The van der Waals surface area contributed by atoms with Gasteiger partial charge in [-0.3, -0.25) is 4.79 Å². The first-order chi connectivity index (χ1) is 9.29. The van der Waals surface area contributed by atoms with Gasteiger partial charge in [-0.05, 0) is 42.6 Å². The molecule has 1 heterocycles. The van der Waals surface area contributed by atoms with Crippen LogP contribution in [-0.4, -0.2) is 18.7 Å². The van der Waals surface area contributed by atoms with E-state index in [1.807, 2.05) is 24.4 Å². The number of ether oxygens (including phenoxy) is 1. The molecule has 0 unspecified atom stereocenters. The van der Waals surface area contributed by atoms with Crippen LogP contribution in [0.25, 0.3) is 0 Å². The molecule has 0 fully saturated rings. The van der Waals surface area contributed by atoms with Crippen molar-refractivity contribution in [3.05, 3.63) is 52.2 Å². The van der Waals surface area contributed by atoms with Gasteiger partial charge in [0.1, 0.15) is 5.75 Å². The smallest absolute Gasteiger partial charge is 0.271 e. The molecule has 4 nitrogen and oxygen atoms in total. The summed E-state index contributed by atoms with van der Waals surface area (Å²) in [5, 5.41) is 5.86. The first-order valence-electron chi connectivity index (χ1n) is 5.89. The molecule has 0 aliphatic heterocycles. The van der Waals surface area contributed by atoms with E-state index in [1.165, 1.54) is 0 Å². The Morgan fingerprint density at radius 2 is 2.16 bits per heavy atom. The Hall–Kier alpha value is -2.14. The van der Waals surface area contributed by atoms with E-state index in [0.717, 1.165) is 10.6 Å². The molecule has 0 spiro atoms. The summed E-state index contributed by atoms with van der Waals surface area (Å²) < 4.78 is 5.31. The number of amides is 1. The molecule has 0 aliphatic rings. The van der Waals surface area contributed by atoms with Crippen molar-refractivity contribution in [2.45, 2.75) is 6.92 Å². The first kappa shape index (κ1) is 13.3. The number of carbonyl (C=O) groups is 1. The Labute approximate surface area is 115 Å². The first-order valence-corrected chi connectivity index (χ1v) is 6.77. The van der Waals surface area contributed by atoms with E-state index in [4.69, 9.17) is 4.74 Å². The number of nitrogens with one attached hydrogen (secondary N) is 1. The molecule has 2 aromatic rings. The highest BCUT2D eigenvalue weighted by Crippen LogP contribution is 2.12. The molecule has 0 saturated heterocycles. The molecule has 0 bridgehead atoms. The third-order valence-electron chi connectivity index (χ3n) is 2.33. The van der Waals surface area contributed by atoms with Gasteiger partial charge in [0.25, 0.3) is 5.91 Å². The minimum atomic E-state index is -0.240. The van der Waals surface area contributed by atoms with Crippen molar-refractivity contribution in [1.29, 1.82) is 0 Å². The Morgan fingerprint density at radius 1 is 1.37 bits per heavy atom. The SMILES string of the molecule is CCOc1ccc(C(=O)N/N=C\c2cccs2)cc1. The van der Waals surface area contributed by atoms with Crippen LogP contribution in [0.3, 0.4) is 0 Å². The number of benzene rings is 1. The van der Waals surface area contributed by atoms with Crippen molar-refractivity contribution in [2.24, 2.45) is 5.10 Å². The van der Waals surface area contributed by atoms with E-state index < -0.39 is 0 Å². The van der Waals surface area contributed by atoms with Crippen LogP contribution < -0.4 is 10.2 Å². The van der Waals surface area contributed by atoms with Crippen molar-refractivity contribution in [2.75, 3.05) is 6.61 Å². The summed E-state index contributed by atoms with van der Waals surface area (Å²) >= 11 is 1.56. The van der Waals surface area contributed by atoms with Gasteiger partial charge in [-0.25, -0.2) is 5.43 Å². The van der Waals surface area contributed by atoms with Gasteiger partial charge in [-0.15, -0.1) is 11.3 Å². The van der Waals surface area contributed by atoms with Crippen LogP contribution in [0, 0.1) is 0 Å². The van der Waals surface area contributed by atoms with Gasteiger partial charge in [-0.1, -0.05) is 6.07 Å². The lowest BCUT2D eigenvalue weighted by Crippen LogP contribution is -2.17. The molecule has 1 N–H and O–H groups in total. The van der Waals surface area contributed by atoms with Crippen LogP contribution in [0.2, 0.25) is 0 Å². The van der Waals surface area contributed by atoms with Crippen molar-refractivity contribution in [3.63, 3.8) is 0 Å². The minimum absolute atomic E-state index is 0.240. The second-order valence-electron chi connectivity index (χ2n) is 3.67. The molecule has 98 valence electrons. The van der Waals surface area contributed by atoms with E-state index in [9.17, 15) is 4.79 Å². The summed E-state index contributed by atoms with van der Waals surface area (Å²) in [5.41, 5.74) is 3.03. The van der Waals surface area contributed by atoms with Crippen LogP contribution in [0.1, 0.15) is 22.2 Å². The highest BCUT2D eigenvalue weighted by atomic mass is 32.1. The minimum Gasteiger partial charge on any atom is -0.494 e. The van der Waals surface area contributed by atoms with Gasteiger partial charge < -0.3 is 4.74 Å². The summed E-state index contributed by atoms with van der Waals surface area (Å²) in [6, 6.07) is 10.8. The summed E-state index contributed by atoms with van der Waals surface area (Å²) in [7, 11) is 0. The fourth-order valence-corrected chi connectivity index (χ4v) is 2.04. The Morgan fingerprint density at radius 3 is 2.79 bits per heavy atom. The highest BCUT2D eigenvalue weighted by molar-refractivity contribution is 7.11. The topological polar surface area (TPSA) is 50.7 Å². The largest absolute Gasteiger partial charge is 0.494 e. The normalized spacial score (nSPS) is 10.6. The second kappa shape index (κ2) is 6.70. The fraction of sp³-hybridized carbons (Fsp3) is 0.143. The van der Waals surface area contributed by atoms with E-state index in [1.54, 1.807) is 41.8 Å². The average Bonchev–Trinajstić information content (AvgIpc) is 2.93. The lowest BCUT2D eigenvalue weighted by Gasteiger charge is -2.03. The molecule has 1 amide bonds. The van der Waals surface area contributed by atoms with Crippen molar-refractivity contribution in [3.8, 4) is 5.75 Å². The maximum Gasteiger partial charge on any atom is 0.271 e. The highest BCUT2D eigenvalue weighted by Gasteiger charge is 2.03. The van der Waals surface area contributed by atoms with Crippen molar-refractivity contribution >= 4 is 23.5 Å². The lowest BCUT2D eigenvalue weighted by molar-refractivity contribution is 0.0955. The maximum absolute atomic E-state index is 11.8. The molecule has 0 atom stereocenters. The number of thiophene rings is 1. The molecule has 19 heavy (non-hydrogen) atoms. The molecule has 1 aromatic heterocycles. The van der Waals surface area contributed by atoms with Crippen LogP contribution in [-0.2, 0) is 0 Å². The second-order valence-corrected chi connectivity index (χ2v) is 4.65. The number of nitrogens with zero attached hydrogens (tertiary/aromatic N) is 1. The Bertz CT molecular complexity index is 547. The molecule has 5 heteroatoms. The van der Waals surface area contributed by atoms with E-state index in [0.29, 0.717) is 12.2 Å². The zero-order chi connectivity index (χ0) is 13.5. The molecule has 2 rings (SSSR count). The molecule has 0 radical (unpaired) electrons. The summed E-state index contributed by atoms with van der Waals surface area (Å²) in [6.07, 6.45) is 1.62. The predicted octanol–water partition coefficient (Wildman–Crippen LogP) is 2.91. The summed E-state index contributed by atoms with van der Waals surface area (Å²) in [5.74, 6) is 0.511. The quantitative estimate of drug-likeness (QED) is 0.673. The van der Waals surface area contributed by atoms with Crippen LogP contribution in [0.5, 0.6) is 5.75 Å². The summed E-state index contributed by atoms with van der Waals surface area (Å²) in [4.78, 5) is 12.8. The lowest BCUT2D eigenvalue weighted by atomic mass is 10.2. The molecular formula is C14H14N2O2S. The molecular weight excluding hydrogens is 260 g/mol. The van der Waals surface area contributed by atoms with Gasteiger partial charge in [-0.2, -0.15) is 5.10 Å². The average molecular weight is 274 g/mol. The number of carbonyl (C=O) groups excluding carboxylic acids is 1. The fourth-order valence-electron chi connectivity index (χ4n) is 1.45. The van der Waals surface area contributed by atoms with Gasteiger partial charge in [0.15, 0.2) is 0 Å². The van der Waals surface area contributed by atoms with Crippen LogP contribution in [0.4, 0.5) is 0 Å². The van der Waals surface area contributed by atoms with Gasteiger partial charge in [0, 0.05) is 10.4 Å². The van der Waals surface area contributed by atoms with Crippen molar-refractivity contribution < 1.29 is 9.53 Å². The Kier molecular flexibility index (Phi) is 4.69. The van der Waals surface area contributed by atoms with E-state index in [-0.39, 0.29) is 5.91 Å².